The quantitative estimate of drug-likeness (QED) is 0.0481. The second-order valence-electron chi connectivity index (χ2n) is 14.5. The molecule has 0 radical (unpaired) electrons. The number of para-hydroxylation sites is 1. The summed E-state index contributed by atoms with van der Waals surface area (Å²) in [4.78, 5) is 9.43. The topological polar surface area (TPSA) is 121 Å². The Morgan fingerprint density at radius 2 is 1.76 bits per heavy atom. The second kappa shape index (κ2) is 16.6. The van der Waals surface area contributed by atoms with Crippen LogP contribution >= 0.6 is 0 Å². The van der Waals surface area contributed by atoms with Crippen molar-refractivity contribution >= 4 is 40.6 Å². The molecule has 1 atom stereocenters. The highest BCUT2D eigenvalue weighted by atomic mass is 32.2. The van der Waals surface area contributed by atoms with Crippen LogP contribution in [0.1, 0.15) is 36.6 Å². The highest BCUT2D eigenvalue weighted by molar-refractivity contribution is 7.92. The SMILES string of the molecule is CN(c1ccccc1CNc1nc(-c2cc(F)c(OCOCC[Si](C)(C)C)cc2CC(F)(F)F)nc2c1cnn2C1CCCCO1)S(=O)(=O)c1ccccc1. The van der Waals surface area contributed by atoms with Gasteiger partial charge in [0.2, 0.25) is 0 Å². The summed E-state index contributed by atoms with van der Waals surface area (Å²) in [7, 11) is -3.87. The molecule has 0 spiro atoms. The van der Waals surface area contributed by atoms with Gasteiger partial charge in [0.25, 0.3) is 10.0 Å². The van der Waals surface area contributed by atoms with Gasteiger partial charge in [-0.3, -0.25) is 4.31 Å². The lowest BCUT2D eigenvalue weighted by atomic mass is 10.0. The normalized spacial score (nSPS) is 15.3. The van der Waals surface area contributed by atoms with Crippen LogP contribution in [0.15, 0.2) is 77.8 Å². The van der Waals surface area contributed by atoms with Gasteiger partial charge in [0.1, 0.15) is 5.82 Å². The van der Waals surface area contributed by atoms with Gasteiger partial charge in [-0.2, -0.15) is 18.3 Å². The maximum absolute atomic E-state index is 15.7. The molecule has 2 aromatic heterocycles. The largest absolute Gasteiger partial charge is 0.464 e. The summed E-state index contributed by atoms with van der Waals surface area (Å²) in [6.07, 6.45) is -2.63. The van der Waals surface area contributed by atoms with Gasteiger partial charge in [0, 0.05) is 40.4 Å². The van der Waals surface area contributed by atoms with Crippen molar-refractivity contribution in [2.45, 2.75) is 75.2 Å². The van der Waals surface area contributed by atoms with Crippen LogP contribution < -0.4 is 14.4 Å². The number of hydrogen-bond donors (Lipinski definition) is 1. The first kappa shape index (κ1) is 40.1. The van der Waals surface area contributed by atoms with Crippen molar-refractivity contribution in [3.05, 3.63) is 89.9 Å². The smallest absolute Gasteiger partial charge is 0.393 e. The number of rotatable bonds is 15. The number of ether oxygens (including phenoxy) is 3. The molecule has 55 heavy (non-hydrogen) atoms. The van der Waals surface area contributed by atoms with Crippen molar-refractivity contribution in [1.82, 2.24) is 19.7 Å². The third-order valence-corrected chi connectivity index (χ3v) is 12.6. The highest BCUT2D eigenvalue weighted by Crippen LogP contribution is 2.36. The van der Waals surface area contributed by atoms with E-state index < -0.39 is 42.7 Å². The number of benzene rings is 3. The molecule has 1 fully saturated rings. The minimum atomic E-state index is -4.66. The Balaban J connectivity index is 1.38. The summed E-state index contributed by atoms with van der Waals surface area (Å²) in [6.45, 7) is 7.12. The zero-order valence-electron chi connectivity index (χ0n) is 31.1. The number of hydrogen-bond acceptors (Lipinski definition) is 9. The standard InChI is InChI=1S/C38H44F4N6O5SSi/c1-47(54(49,50)28-13-6-5-7-14-28)32-15-9-8-12-26(32)23-43-35-30-24-44-48(34-16-10-11-17-52-34)37(30)46-36(45-35)29-21-31(39)33(20-27(29)22-38(40,41)42)53-25-51-18-19-55(2,3)4/h5-9,12-15,20-21,24,34H,10-11,16-19,22-23,25H2,1-4H3,(H,43,45,46). The van der Waals surface area contributed by atoms with E-state index in [0.717, 1.165) is 31.0 Å². The van der Waals surface area contributed by atoms with Gasteiger partial charge in [-0.05, 0) is 66.8 Å². The zero-order chi connectivity index (χ0) is 39.4. The first-order chi connectivity index (χ1) is 26.1. The molecule has 0 amide bonds. The van der Waals surface area contributed by atoms with E-state index in [9.17, 15) is 21.6 Å². The van der Waals surface area contributed by atoms with Crippen molar-refractivity contribution in [2.75, 3.05) is 36.7 Å². The van der Waals surface area contributed by atoms with Gasteiger partial charge in [-0.25, -0.2) is 27.5 Å². The van der Waals surface area contributed by atoms with Crippen molar-refractivity contribution in [1.29, 1.82) is 0 Å². The molecule has 294 valence electrons. The van der Waals surface area contributed by atoms with Crippen LogP contribution in [-0.4, -0.2) is 69.5 Å². The number of anilines is 2. The molecule has 1 aliphatic heterocycles. The van der Waals surface area contributed by atoms with Crippen LogP contribution in [0.25, 0.3) is 22.4 Å². The number of alkyl halides is 3. The Morgan fingerprint density at radius 3 is 2.47 bits per heavy atom. The van der Waals surface area contributed by atoms with E-state index in [0.29, 0.717) is 36.3 Å². The first-order valence-corrected chi connectivity index (χ1v) is 23.1. The number of aromatic nitrogens is 4. The third kappa shape index (κ3) is 9.81. The number of fused-ring (bicyclic) bond motifs is 1. The summed E-state index contributed by atoms with van der Waals surface area (Å²) in [6, 6.07) is 17.7. The summed E-state index contributed by atoms with van der Waals surface area (Å²) < 4.78 is 105. The molecule has 1 N–H and O–H groups in total. The maximum atomic E-state index is 15.7. The fourth-order valence-electron chi connectivity index (χ4n) is 6.15. The van der Waals surface area contributed by atoms with Crippen LogP contribution in [0, 0.1) is 5.82 Å². The summed E-state index contributed by atoms with van der Waals surface area (Å²) in [5, 5.41) is 8.21. The van der Waals surface area contributed by atoms with E-state index in [4.69, 9.17) is 14.2 Å². The molecular formula is C38H44F4N6O5SSi. The fraction of sp³-hybridized carbons (Fsp3) is 0.395. The predicted molar refractivity (Wildman–Crippen MR) is 205 cm³/mol. The molecule has 11 nitrogen and oxygen atoms in total. The Labute approximate surface area is 318 Å². The van der Waals surface area contributed by atoms with Gasteiger partial charge >= 0.3 is 6.18 Å². The van der Waals surface area contributed by atoms with Crippen LogP contribution in [-0.2, 0) is 32.5 Å². The molecule has 5 aromatic rings. The van der Waals surface area contributed by atoms with Crippen LogP contribution in [0.5, 0.6) is 5.75 Å². The van der Waals surface area contributed by atoms with Crippen molar-refractivity contribution in [2.24, 2.45) is 0 Å². The molecule has 1 saturated heterocycles. The second-order valence-corrected chi connectivity index (χ2v) is 22.1. The van der Waals surface area contributed by atoms with E-state index >= 15 is 4.39 Å². The van der Waals surface area contributed by atoms with Gasteiger partial charge in [-0.1, -0.05) is 56.0 Å². The lowest BCUT2D eigenvalue weighted by molar-refractivity contribution is -0.127. The Kier molecular flexibility index (Phi) is 12.1. The van der Waals surface area contributed by atoms with Gasteiger partial charge < -0.3 is 19.5 Å². The van der Waals surface area contributed by atoms with E-state index in [1.165, 1.54) is 29.7 Å². The maximum Gasteiger partial charge on any atom is 0.393 e. The molecule has 0 bridgehead atoms. The predicted octanol–water partition coefficient (Wildman–Crippen LogP) is 8.56. The molecular weight excluding hydrogens is 757 g/mol. The number of halogens is 4. The van der Waals surface area contributed by atoms with Crippen molar-refractivity contribution in [3.8, 4) is 17.1 Å². The Morgan fingerprint density at radius 1 is 1.02 bits per heavy atom. The molecule has 0 saturated carbocycles. The van der Waals surface area contributed by atoms with Gasteiger partial charge in [0.15, 0.2) is 36.1 Å². The molecule has 0 aliphatic carbocycles. The van der Waals surface area contributed by atoms with Crippen LogP contribution in [0.4, 0.5) is 29.1 Å². The Bertz CT molecular complexity index is 2210. The summed E-state index contributed by atoms with van der Waals surface area (Å²) >= 11 is 0. The number of nitrogens with one attached hydrogen (secondary N) is 1. The monoisotopic (exact) mass is 800 g/mol. The lowest BCUT2D eigenvalue weighted by Gasteiger charge is -2.23. The first-order valence-electron chi connectivity index (χ1n) is 17.9. The van der Waals surface area contributed by atoms with Crippen molar-refractivity contribution < 1.29 is 40.2 Å². The van der Waals surface area contributed by atoms with Crippen LogP contribution in [0.2, 0.25) is 25.7 Å². The number of sulfonamides is 1. The molecule has 3 heterocycles. The minimum Gasteiger partial charge on any atom is -0.464 e. The summed E-state index contributed by atoms with van der Waals surface area (Å²) in [5.74, 6) is -1.28. The lowest BCUT2D eigenvalue weighted by Crippen LogP contribution is -2.27. The molecule has 1 aliphatic rings. The van der Waals surface area contributed by atoms with Gasteiger partial charge in [0.05, 0.1) is 28.6 Å². The molecule has 3 aromatic carbocycles. The number of nitrogens with zero attached hydrogens (tertiary/aromatic N) is 5. The summed E-state index contributed by atoms with van der Waals surface area (Å²) in [5.41, 5.74) is 0.766. The van der Waals surface area contributed by atoms with E-state index in [-0.39, 0.29) is 52.4 Å². The van der Waals surface area contributed by atoms with E-state index in [2.05, 4.69) is 40.0 Å². The minimum absolute atomic E-state index is 0.0513. The molecule has 6 rings (SSSR count). The Hall–Kier alpha value is -4.58. The third-order valence-electron chi connectivity index (χ3n) is 9.14. The van der Waals surface area contributed by atoms with Gasteiger partial charge in [-0.15, -0.1) is 0 Å². The van der Waals surface area contributed by atoms with Crippen molar-refractivity contribution in [3.63, 3.8) is 0 Å². The fourth-order valence-corrected chi connectivity index (χ4v) is 8.16. The average Bonchev–Trinajstić information content (AvgIpc) is 3.58. The molecule has 17 heteroatoms. The zero-order valence-corrected chi connectivity index (χ0v) is 32.9. The van der Waals surface area contributed by atoms with E-state index in [1.807, 2.05) is 0 Å². The van der Waals surface area contributed by atoms with Crippen LogP contribution in [0.3, 0.4) is 0 Å². The average molecular weight is 801 g/mol. The molecule has 1 unspecified atom stereocenters. The van der Waals surface area contributed by atoms with E-state index in [1.54, 1.807) is 47.1 Å². The highest BCUT2D eigenvalue weighted by Gasteiger charge is 2.32.